The van der Waals surface area contributed by atoms with Crippen LogP contribution < -0.4 is 5.73 Å². The summed E-state index contributed by atoms with van der Waals surface area (Å²) < 4.78 is 2.19. The highest BCUT2D eigenvalue weighted by Crippen LogP contribution is 2.26. The number of rotatable bonds is 6. The summed E-state index contributed by atoms with van der Waals surface area (Å²) in [6.07, 6.45) is 4.72. The molecule has 2 heterocycles. The Balaban J connectivity index is 2.52. The molecular formula is C15H22N4S. The van der Waals surface area contributed by atoms with E-state index in [1.165, 1.54) is 0 Å². The van der Waals surface area contributed by atoms with E-state index in [0.29, 0.717) is 17.3 Å². The first-order valence-corrected chi connectivity index (χ1v) is 7.58. The van der Waals surface area contributed by atoms with E-state index in [1.54, 1.807) is 0 Å². The molecule has 2 aromatic rings. The molecule has 0 aliphatic carbocycles. The van der Waals surface area contributed by atoms with Gasteiger partial charge in [0, 0.05) is 25.1 Å². The van der Waals surface area contributed by atoms with Crippen molar-refractivity contribution >= 4 is 28.4 Å². The summed E-state index contributed by atoms with van der Waals surface area (Å²) >= 11 is 5.00. The lowest BCUT2D eigenvalue weighted by Gasteiger charge is -2.14. The van der Waals surface area contributed by atoms with Gasteiger partial charge in [-0.05, 0) is 31.4 Å². The average Bonchev–Trinajstić information content (AvgIpc) is 2.75. The Kier molecular flexibility index (Phi) is 4.70. The topological polar surface area (TPSA) is 56.7 Å². The van der Waals surface area contributed by atoms with Crippen LogP contribution in [-0.2, 0) is 6.54 Å². The van der Waals surface area contributed by atoms with Crippen molar-refractivity contribution in [1.82, 2.24) is 14.5 Å². The summed E-state index contributed by atoms with van der Waals surface area (Å²) in [5.41, 5.74) is 8.68. The quantitative estimate of drug-likeness (QED) is 0.829. The van der Waals surface area contributed by atoms with E-state index in [4.69, 9.17) is 22.9 Å². The fourth-order valence-corrected chi connectivity index (χ4v) is 2.63. The third-order valence-electron chi connectivity index (χ3n) is 3.68. The second-order valence-electron chi connectivity index (χ2n) is 5.21. The minimum atomic E-state index is 0.454. The lowest BCUT2D eigenvalue weighted by molar-refractivity contribution is 0.557. The van der Waals surface area contributed by atoms with Crippen molar-refractivity contribution in [1.29, 1.82) is 0 Å². The number of nitrogens with two attached hydrogens (primary N) is 1. The van der Waals surface area contributed by atoms with E-state index in [1.807, 2.05) is 13.1 Å². The summed E-state index contributed by atoms with van der Waals surface area (Å²) in [7, 11) is 0. The first-order chi connectivity index (χ1) is 9.56. The van der Waals surface area contributed by atoms with Gasteiger partial charge in [0.15, 0.2) is 5.65 Å². The van der Waals surface area contributed by atoms with E-state index in [9.17, 15) is 0 Å². The van der Waals surface area contributed by atoms with Crippen molar-refractivity contribution in [2.45, 2.75) is 52.5 Å². The third kappa shape index (κ3) is 2.98. The fourth-order valence-electron chi connectivity index (χ4n) is 2.54. The predicted octanol–water partition coefficient (Wildman–Crippen LogP) is 3.32. The minimum absolute atomic E-state index is 0.454. The van der Waals surface area contributed by atoms with Gasteiger partial charge < -0.3 is 10.3 Å². The highest BCUT2D eigenvalue weighted by molar-refractivity contribution is 7.80. The van der Waals surface area contributed by atoms with Crippen molar-refractivity contribution in [3.8, 4) is 0 Å². The van der Waals surface area contributed by atoms with Crippen LogP contribution in [-0.4, -0.2) is 19.5 Å². The Labute approximate surface area is 125 Å². The van der Waals surface area contributed by atoms with Crippen LogP contribution in [0.1, 0.15) is 50.4 Å². The molecule has 108 valence electrons. The summed E-state index contributed by atoms with van der Waals surface area (Å²) in [6.45, 7) is 7.19. The first-order valence-electron chi connectivity index (χ1n) is 7.17. The number of thiocarbonyl (C=S) groups is 1. The number of nitrogens with zero attached hydrogens (tertiary/aromatic N) is 3. The van der Waals surface area contributed by atoms with Gasteiger partial charge in [0.05, 0.1) is 4.99 Å². The second-order valence-corrected chi connectivity index (χ2v) is 5.73. The van der Waals surface area contributed by atoms with E-state index in [-0.39, 0.29) is 0 Å². The average molecular weight is 290 g/mol. The third-order valence-corrected chi connectivity index (χ3v) is 3.89. The fraction of sp³-hybridized carbons (Fsp3) is 0.533. The molecule has 5 heteroatoms. The van der Waals surface area contributed by atoms with Gasteiger partial charge in [0.2, 0.25) is 0 Å². The molecule has 0 atom stereocenters. The normalized spacial score (nSPS) is 11.4. The van der Waals surface area contributed by atoms with Crippen molar-refractivity contribution in [3.05, 3.63) is 23.7 Å². The van der Waals surface area contributed by atoms with Gasteiger partial charge in [-0.3, -0.25) is 0 Å². The van der Waals surface area contributed by atoms with E-state index < -0.39 is 0 Å². The molecule has 0 aliphatic rings. The zero-order valence-corrected chi connectivity index (χ0v) is 13.2. The lowest BCUT2D eigenvalue weighted by Crippen LogP contribution is -2.15. The maximum atomic E-state index is 5.65. The lowest BCUT2D eigenvalue weighted by atomic mass is 10.0. The number of hydrogen-bond donors (Lipinski definition) is 1. The summed E-state index contributed by atoms with van der Waals surface area (Å²) in [6, 6.07) is 2.09. The van der Waals surface area contributed by atoms with Gasteiger partial charge in [-0.25, -0.2) is 9.97 Å². The molecule has 0 spiro atoms. The van der Waals surface area contributed by atoms with Crippen molar-refractivity contribution in [2.24, 2.45) is 5.73 Å². The molecule has 20 heavy (non-hydrogen) atoms. The van der Waals surface area contributed by atoms with Gasteiger partial charge in [-0.15, -0.1) is 0 Å². The van der Waals surface area contributed by atoms with Crippen LogP contribution in [0, 0.1) is 6.92 Å². The first kappa shape index (κ1) is 14.9. The Morgan fingerprint density at radius 1 is 1.40 bits per heavy atom. The SMILES string of the molecule is CCC(CC)c1nc2cc(C)cnc2n1CCC(N)=S. The highest BCUT2D eigenvalue weighted by Gasteiger charge is 2.18. The maximum absolute atomic E-state index is 5.65. The number of hydrogen-bond acceptors (Lipinski definition) is 3. The number of pyridine rings is 1. The monoisotopic (exact) mass is 290 g/mol. The van der Waals surface area contributed by atoms with Gasteiger partial charge >= 0.3 is 0 Å². The van der Waals surface area contributed by atoms with E-state index >= 15 is 0 Å². The van der Waals surface area contributed by atoms with Gasteiger partial charge in [-0.1, -0.05) is 26.1 Å². The Hall–Kier alpha value is -1.49. The second kappa shape index (κ2) is 6.31. The zero-order valence-electron chi connectivity index (χ0n) is 12.4. The molecule has 2 aromatic heterocycles. The molecule has 0 saturated carbocycles. The molecule has 0 aromatic carbocycles. The van der Waals surface area contributed by atoms with Gasteiger partial charge in [-0.2, -0.15) is 0 Å². The largest absolute Gasteiger partial charge is 0.393 e. The van der Waals surface area contributed by atoms with Crippen LogP contribution in [0.3, 0.4) is 0 Å². The van der Waals surface area contributed by atoms with Crippen molar-refractivity contribution < 1.29 is 0 Å². The molecule has 0 unspecified atom stereocenters. The number of imidazole rings is 1. The smallest absolute Gasteiger partial charge is 0.160 e. The molecule has 0 fully saturated rings. The Morgan fingerprint density at radius 2 is 2.10 bits per heavy atom. The summed E-state index contributed by atoms with van der Waals surface area (Å²) in [5, 5.41) is 0. The zero-order chi connectivity index (χ0) is 14.7. The van der Waals surface area contributed by atoms with Crippen LogP contribution in [0.25, 0.3) is 11.2 Å². The predicted molar refractivity (Wildman–Crippen MR) is 87.0 cm³/mol. The molecule has 2 N–H and O–H groups in total. The molecule has 4 nitrogen and oxygen atoms in total. The van der Waals surface area contributed by atoms with Crippen LogP contribution in [0.5, 0.6) is 0 Å². The maximum Gasteiger partial charge on any atom is 0.160 e. The molecule has 0 aliphatic heterocycles. The van der Waals surface area contributed by atoms with Crippen molar-refractivity contribution in [3.63, 3.8) is 0 Å². The molecule has 2 rings (SSSR count). The van der Waals surface area contributed by atoms with E-state index in [2.05, 4.69) is 29.5 Å². The molecule has 0 bridgehead atoms. The minimum Gasteiger partial charge on any atom is -0.393 e. The highest BCUT2D eigenvalue weighted by atomic mass is 32.1. The number of aryl methyl sites for hydroxylation is 2. The van der Waals surface area contributed by atoms with Gasteiger partial charge in [0.25, 0.3) is 0 Å². The van der Waals surface area contributed by atoms with Crippen LogP contribution in [0.15, 0.2) is 12.3 Å². The Bertz CT molecular complexity index is 614. The standard InChI is InChI=1S/C15H22N4S/c1-4-11(5-2)14-18-12-8-10(3)9-17-15(12)19(14)7-6-13(16)20/h8-9,11H,4-7H2,1-3H3,(H2,16,20). The van der Waals surface area contributed by atoms with Crippen LogP contribution in [0.2, 0.25) is 0 Å². The summed E-state index contributed by atoms with van der Waals surface area (Å²) in [4.78, 5) is 9.89. The molecule has 0 amide bonds. The molecule has 0 saturated heterocycles. The molecular weight excluding hydrogens is 268 g/mol. The molecule has 0 radical (unpaired) electrons. The summed E-state index contributed by atoms with van der Waals surface area (Å²) in [5.74, 6) is 1.57. The van der Waals surface area contributed by atoms with Crippen molar-refractivity contribution in [2.75, 3.05) is 0 Å². The van der Waals surface area contributed by atoms with Crippen LogP contribution in [0.4, 0.5) is 0 Å². The number of aromatic nitrogens is 3. The Morgan fingerprint density at radius 3 is 2.70 bits per heavy atom. The number of fused-ring (bicyclic) bond motifs is 1. The van der Waals surface area contributed by atoms with Crippen LogP contribution >= 0.6 is 12.2 Å². The van der Waals surface area contributed by atoms with E-state index in [0.717, 1.165) is 41.9 Å². The van der Waals surface area contributed by atoms with Gasteiger partial charge in [0.1, 0.15) is 11.3 Å².